The Morgan fingerprint density at radius 1 is 1.12 bits per heavy atom. The summed E-state index contributed by atoms with van der Waals surface area (Å²) in [5, 5.41) is 9.28. The van der Waals surface area contributed by atoms with E-state index in [1.807, 2.05) is 31.4 Å². The number of nitrogens with zero attached hydrogens (tertiary/aromatic N) is 4. The summed E-state index contributed by atoms with van der Waals surface area (Å²) >= 11 is 8.60. The van der Waals surface area contributed by atoms with Crippen molar-refractivity contribution in [3.8, 4) is 0 Å². The van der Waals surface area contributed by atoms with Gasteiger partial charge >= 0.3 is 6.09 Å². The van der Waals surface area contributed by atoms with Gasteiger partial charge in [-0.25, -0.2) is 14.8 Å². The van der Waals surface area contributed by atoms with E-state index in [1.165, 1.54) is 0 Å². The second-order valence-electron chi connectivity index (χ2n) is 10.5. The summed E-state index contributed by atoms with van der Waals surface area (Å²) in [4.78, 5) is 47.8. The molecule has 3 amide bonds. The molecular formula is C27H33ClIN7O4. The van der Waals surface area contributed by atoms with Gasteiger partial charge in [0.2, 0.25) is 5.91 Å². The molecule has 1 fully saturated rings. The largest absolute Gasteiger partial charge is 0.444 e. The van der Waals surface area contributed by atoms with Gasteiger partial charge in [0.15, 0.2) is 11.5 Å². The van der Waals surface area contributed by atoms with Crippen molar-refractivity contribution in [2.75, 3.05) is 31.5 Å². The van der Waals surface area contributed by atoms with Crippen molar-refractivity contribution in [1.82, 2.24) is 29.9 Å². The monoisotopic (exact) mass is 681 g/mol. The number of hydrogen-bond donors (Lipinski definition) is 3. The van der Waals surface area contributed by atoms with Crippen LogP contribution in [0.1, 0.15) is 50.4 Å². The summed E-state index contributed by atoms with van der Waals surface area (Å²) in [6.45, 7) is 7.31. The number of aromatic nitrogens is 3. The molecule has 4 rings (SSSR count). The topological polar surface area (TPSA) is 130 Å². The molecule has 0 aliphatic carbocycles. The summed E-state index contributed by atoms with van der Waals surface area (Å²) in [5.74, 6) is 0.116. The van der Waals surface area contributed by atoms with Gasteiger partial charge in [0.1, 0.15) is 9.30 Å². The van der Waals surface area contributed by atoms with Crippen molar-refractivity contribution < 1.29 is 19.1 Å². The Labute approximate surface area is 251 Å². The van der Waals surface area contributed by atoms with E-state index in [0.717, 1.165) is 3.70 Å². The number of nitrogens with one attached hydrogen (secondary N) is 3. The van der Waals surface area contributed by atoms with E-state index in [0.29, 0.717) is 73.2 Å². The van der Waals surface area contributed by atoms with E-state index in [-0.39, 0.29) is 23.8 Å². The summed E-state index contributed by atoms with van der Waals surface area (Å²) in [5.41, 5.74) is 1.18. The van der Waals surface area contributed by atoms with E-state index >= 15 is 0 Å². The average Bonchev–Trinajstić information content (AvgIpc) is 3.29. The van der Waals surface area contributed by atoms with Crippen molar-refractivity contribution in [3.05, 3.63) is 51.1 Å². The van der Waals surface area contributed by atoms with E-state index in [2.05, 4.69) is 48.5 Å². The first-order valence-electron chi connectivity index (χ1n) is 13.1. The second-order valence-corrected chi connectivity index (χ2v) is 12.0. The average molecular weight is 682 g/mol. The molecule has 13 heteroatoms. The van der Waals surface area contributed by atoms with Crippen molar-refractivity contribution in [1.29, 1.82) is 0 Å². The maximum atomic E-state index is 12.7. The first-order chi connectivity index (χ1) is 19.0. The molecule has 3 N–H and O–H groups in total. The van der Waals surface area contributed by atoms with Gasteiger partial charge < -0.3 is 25.6 Å². The van der Waals surface area contributed by atoms with E-state index in [1.54, 1.807) is 35.5 Å². The van der Waals surface area contributed by atoms with Crippen LogP contribution in [0.2, 0.25) is 5.02 Å². The SMILES string of the molecule is CC(C)(C)OC(=O)N1CCC(C(=O)NCCCNC(=O)c2ccc(Nc3nccn4c(I)cnc34)cc2Cl)CC1. The fourth-order valence-electron chi connectivity index (χ4n) is 4.28. The van der Waals surface area contributed by atoms with Crippen LogP contribution in [0.3, 0.4) is 0 Å². The fraction of sp³-hybridized carbons (Fsp3) is 0.444. The number of rotatable bonds is 8. The lowest BCUT2D eigenvalue weighted by Crippen LogP contribution is -2.45. The summed E-state index contributed by atoms with van der Waals surface area (Å²) in [7, 11) is 0. The Hall–Kier alpha value is -3.13. The van der Waals surface area contributed by atoms with Crippen molar-refractivity contribution in [2.24, 2.45) is 5.92 Å². The molecule has 214 valence electrons. The highest BCUT2D eigenvalue weighted by Gasteiger charge is 2.29. The smallest absolute Gasteiger partial charge is 0.410 e. The number of carbonyl (C=O) groups is 3. The molecule has 2 aromatic heterocycles. The zero-order valence-corrected chi connectivity index (χ0v) is 25.6. The van der Waals surface area contributed by atoms with E-state index < -0.39 is 5.60 Å². The number of ether oxygens (including phenoxy) is 1. The second kappa shape index (κ2) is 13.0. The van der Waals surface area contributed by atoms with Crippen LogP contribution in [-0.2, 0) is 9.53 Å². The lowest BCUT2D eigenvalue weighted by atomic mass is 9.96. The highest BCUT2D eigenvalue weighted by molar-refractivity contribution is 14.1. The molecule has 3 aromatic rings. The van der Waals surface area contributed by atoms with Crippen LogP contribution in [0.25, 0.3) is 5.65 Å². The van der Waals surface area contributed by atoms with Crippen LogP contribution in [-0.4, -0.2) is 69.0 Å². The molecule has 1 saturated heterocycles. The summed E-state index contributed by atoms with van der Waals surface area (Å²) in [6, 6.07) is 5.08. The number of piperidine rings is 1. The zero-order chi connectivity index (χ0) is 28.9. The third-order valence-corrected chi connectivity index (χ3v) is 7.43. The van der Waals surface area contributed by atoms with Crippen LogP contribution in [0.15, 0.2) is 36.8 Å². The normalized spacial score (nSPS) is 14.2. The molecule has 1 aliphatic heterocycles. The molecule has 11 nitrogen and oxygen atoms in total. The summed E-state index contributed by atoms with van der Waals surface area (Å²) in [6.07, 6.45) is 6.69. The van der Waals surface area contributed by atoms with Crippen molar-refractivity contribution in [2.45, 2.75) is 45.6 Å². The molecule has 0 atom stereocenters. The van der Waals surface area contributed by atoms with Gasteiger partial charge in [-0.15, -0.1) is 0 Å². The molecule has 0 bridgehead atoms. The number of amides is 3. The minimum absolute atomic E-state index is 0.0310. The van der Waals surface area contributed by atoms with Gasteiger partial charge in [0, 0.05) is 50.2 Å². The molecule has 3 heterocycles. The van der Waals surface area contributed by atoms with Crippen molar-refractivity contribution in [3.63, 3.8) is 0 Å². The van der Waals surface area contributed by atoms with Crippen molar-refractivity contribution >= 4 is 69.3 Å². The number of hydrogen-bond acceptors (Lipinski definition) is 7. The number of carbonyl (C=O) groups excluding carboxylic acids is 3. The third kappa shape index (κ3) is 7.74. The molecule has 1 aromatic carbocycles. The minimum atomic E-state index is -0.541. The molecule has 40 heavy (non-hydrogen) atoms. The molecule has 0 spiro atoms. The van der Waals surface area contributed by atoms with Crippen LogP contribution in [0.5, 0.6) is 0 Å². The minimum Gasteiger partial charge on any atom is -0.444 e. The number of halogens is 2. The highest BCUT2D eigenvalue weighted by Crippen LogP contribution is 2.25. The molecule has 0 radical (unpaired) electrons. The van der Waals surface area contributed by atoms with Crippen LogP contribution >= 0.6 is 34.2 Å². The number of benzene rings is 1. The Balaban J connectivity index is 1.18. The third-order valence-electron chi connectivity index (χ3n) is 6.32. The van der Waals surface area contributed by atoms with Gasteiger partial charge in [-0.1, -0.05) is 11.6 Å². The predicted molar refractivity (Wildman–Crippen MR) is 161 cm³/mol. The lowest BCUT2D eigenvalue weighted by Gasteiger charge is -2.32. The van der Waals surface area contributed by atoms with Crippen LogP contribution < -0.4 is 16.0 Å². The maximum absolute atomic E-state index is 12.7. The molecule has 0 saturated carbocycles. The number of imidazole rings is 1. The molecule has 0 unspecified atom stereocenters. The van der Waals surface area contributed by atoms with Gasteiger partial charge in [0.05, 0.1) is 16.8 Å². The summed E-state index contributed by atoms with van der Waals surface area (Å²) < 4.78 is 8.28. The predicted octanol–water partition coefficient (Wildman–Crippen LogP) is 4.61. The van der Waals surface area contributed by atoms with E-state index in [9.17, 15) is 14.4 Å². The zero-order valence-electron chi connectivity index (χ0n) is 22.7. The Kier molecular flexibility index (Phi) is 9.72. The van der Waals surface area contributed by atoms with E-state index in [4.69, 9.17) is 16.3 Å². The Morgan fingerprint density at radius 3 is 2.55 bits per heavy atom. The quantitative estimate of drug-likeness (QED) is 0.234. The number of likely N-dealkylation sites (tertiary alicyclic amines) is 1. The molecular weight excluding hydrogens is 649 g/mol. The first kappa shape index (κ1) is 29.8. The maximum Gasteiger partial charge on any atom is 0.410 e. The number of anilines is 2. The first-order valence-corrected chi connectivity index (χ1v) is 14.6. The fourth-order valence-corrected chi connectivity index (χ4v) is 5.08. The Morgan fingerprint density at radius 2 is 1.85 bits per heavy atom. The van der Waals surface area contributed by atoms with Gasteiger partial charge in [-0.05, 0) is 80.8 Å². The standard InChI is InChI=1S/C27H33ClIN7O4/c1-27(2,3)40-26(39)35-12-7-17(8-13-35)24(37)31-9-4-10-32-25(38)19-6-5-18(15-20(19)28)34-22-23-33-16-21(29)36(23)14-11-30-22/h5-6,11,14-17H,4,7-10,12-13H2,1-3H3,(H,30,34)(H,31,37)(H,32,38). The van der Waals surface area contributed by atoms with Gasteiger partial charge in [0.25, 0.3) is 5.91 Å². The van der Waals surface area contributed by atoms with Crippen LogP contribution in [0.4, 0.5) is 16.3 Å². The highest BCUT2D eigenvalue weighted by atomic mass is 127. The van der Waals surface area contributed by atoms with Crippen LogP contribution in [0, 0.1) is 9.62 Å². The van der Waals surface area contributed by atoms with Gasteiger partial charge in [-0.3, -0.25) is 14.0 Å². The lowest BCUT2D eigenvalue weighted by molar-refractivity contribution is -0.126. The number of fused-ring (bicyclic) bond motifs is 1. The Bertz CT molecular complexity index is 1380. The van der Waals surface area contributed by atoms with Gasteiger partial charge in [-0.2, -0.15) is 0 Å². The molecule has 1 aliphatic rings.